The first-order valence-corrected chi connectivity index (χ1v) is 9.74. The van der Waals surface area contributed by atoms with Crippen LogP contribution in [0.1, 0.15) is 49.7 Å². The maximum atomic E-state index is 12.4. The average molecular weight is 397 g/mol. The molecule has 2 aliphatic carbocycles. The summed E-state index contributed by atoms with van der Waals surface area (Å²) in [4.78, 5) is 44.4. The molecule has 2 aromatic rings. The Balaban J connectivity index is 1.55. The van der Waals surface area contributed by atoms with Gasteiger partial charge >= 0.3 is 11.9 Å². The number of nitrogens with two attached hydrogens (primary N) is 1. The molecule has 1 unspecified atom stereocenters. The lowest BCUT2D eigenvalue weighted by molar-refractivity contribution is -0.215. The second-order valence-electron chi connectivity index (χ2n) is 8.14. The Morgan fingerprint density at radius 1 is 1.28 bits per heavy atom. The van der Waals surface area contributed by atoms with Gasteiger partial charge in [0.1, 0.15) is 11.8 Å². The third-order valence-electron chi connectivity index (χ3n) is 6.39. The summed E-state index contributed by atoms with van der Waals surface area (Å²) in [6.45, 7) is 2.10. The fourth-order valence-corrected chi connectivity index (χ4v) is 4.74. The van der Waals surface area contributed by atoms with Crippen LogP contribution in [0.25, 0.3) is 10.8 Å². The first kappa shape index (κ1) is 19.4. The second kappa shape index (κ2) is 7.15. The second-order valence-corrected chi connectivity index (χ2v) is 8.14. The number of carbonyl (C=O) groups excluding carboxylic acids is 2. The summed E-state index contributed by atoms with van der Waals surface area (Å²) in [5.41, 5.74) is 7.74. The molecule has 2 aromatic carbocycles. The Morgan fingerprint density at radius 2 is 2.07 bits per heavy atom. The van der Waals surface area contributed by atoms with E-state index in [1.165, 1.54) is 11.1 Å². The van der Waals surface area contributed by atoms with Crippen LogP contribution in [0, 0.1) is 5.41 Å². The van der Waals surface area contributed by atoms with E-state index >= 15 is 0 Å². The Hall–Kier alpha value is -2.93. The van der Waals surface area contributed by atoms with E-state index < -0.39 is 24.4 Å². The molecular formula is C22H23NO6. The van der Waals surface area contributed by atoms with Gasteiger partial charge in [0, 0.05) is 11.8 Å². The zero-order chi connectivity index (χ0) is 20.8. The highest BCUT2D eigenvalue weighted by molar-refractivity contribution is 5.92. The molecule has 4 rings (SSSR count). The Bertz CT molecular complexity index is 1020. The molecule has 3 N–H and O–H groups in total. The van der Waals surface area contributed by atoms with Gasteiger partial charge in [0.25, 0.3) is 0 Å². The zero-order valence-electron chi connectivity index (χ0n) is 16.1. The number of benzene rings is 2. The third kappa shape index (κ3) is 3.35. The standard InChI is InChI=1S/C22H23NO6/c1-22-9-8-15-14-5-3-13(28-29-21(27)18(23)11-20(25)26)10-12(14)2-4-16(15)17(22)6-7-19(22)24/h2-5,10,17-18H,6-9,11,23H2,1H3,(H,25,26)/t17?,18-,22-/m0/s1. The minimum absolute atomic E-state index is 0.243. The van der Waals surface area contributed by atoms with Crippen molar-refractivity contribution in [2.24, 2.45) is 11.1 Å². The minimum atomic E-state index is -1.29. The van der Waals surface area contributed by atoms with Crippen molar-refractivity contribution in [3.63, 3.8) is 0 Å². The van der Waals surface area contributed by atoms with Crippen LogP contribution in [-0.4, -0.2) is 28.9 Å². The fourth-order valence-electron chi connectivity index (χ4n) is 4.74. The number of carboxylic acids is 1. The monoisotopic (exact) mass is 397 g/mol. The number of carbonyl (C=O) groups is 3. The molecule has 1 fully saturated rings. The summed E-state index contributed by atoms with van der Waals surface area (Å²) in [7, 11) is 0. The Labute approximate surface area is 167 Å². The first-order valence-electron chi connectivity index (χ1n) is 9.74. The van der Waals surface area contributed by atoms with Gasteiger partial charge in [-0.3, -0.25) is 14.5 Å². The number of Topliss-reactive ketones (excluding diaryl/α,β-unsaturated/α-hetero) is 1. The molecule has 7 heteroatoms. The van der Waals surface area contributed by atoms with Crippen molar-refractivity contribution in [2.45, 2.75) is 51.0 Å². The van der Waals surface area contributed by atoms with Crippen LogP contribution in [0.15, 0.2) is 30.3 Å². The van der Waals surface area contributed by atoms with Crippen LogP contribution in [-0.2, 0) is 25.7 Å². The van der Waals surface area contributed by atoms with E-state index in [1.54, 1.807) is 12.1 Å². The van der Waals surface area contributed by atoms with Gasteiger partial charge in [0.15, 0.2) is 5.75 Å². The highest BCUT2D eigenvalue weighted by atomic mass is 17.2. The summed E-state index contributed by atoms with van der Waals surface area (Å²) < 4.78 is 0. The summed E-state index contributed by atoms with van der Waals surface area (Å²) in [6, 6.07) is 8.19. The molecule has 152 valence electrons. The molecule has 3 atom stereocenters. The van der Waals surface area contributed by atoms with Crippen LogP contribution in [0.3, 0.4) is 0 Å². The molecule has 7 nitrogen and oxygen atoms in total. The lowest BCUT2D eigenvalue weighted by Gasteiger charge is -2.37. The quantitative estimate of drug-likeness (QED) is 0.589. The van der Waals surface area contributed by atoms with Gasteiger partial charge in [0.2, 0.25) is 0 Å². The molecule has 0 spiro atoms. The SMILES string of the molecule is C[C@]12CCc3c(ccc4cc(OOC(=O)[C@@H](N)CC(=O)O)ccc34)C1CCC2=O. The van der Waals surface area contributed by atoms with Gasteiger partial charge in [-0.1, -0.05) is 25.1 Å². The molecule has 29 heavy (non-hydrogen) atoms. The molecule has 0 aromatic heterocycles. The first-order chi connectivity index (χ1) is 13.8. The highest BCUT2D eigenvalue weighted by Gasteiger charge is 2.49. The molecule has 0 radical (unpaired) electrons. The number of rotatable bonds is 5. The zero-order valence-corrected chi connectivity index (χ0v) is 16.1. The molecule has 0 bridgehead atoms. The van der Waals surface area contributed by atoms with Crippen molar-refractivity contribution in [2.75, 3.05) is 0 Å². The summed E-state index contributed by atoms with van der Waals surface area (Å²) in [5.74, 6) is -1.16. The largest absolute Gasteiger partial charge is 0.481 e. The van der Waals surface area contributed by atoms with Crippen molar-refractivity contribution >= 4 is 28.5 Å². The summed E-state index contributed by atoms with van der Waals surface area (Å²) in [5, 5.41) is 10.7. The van der Waals surface area contributed by atoms with E-state index in [0.717, 1.165) is 30.0 Å². The maximum Gasteiger partial charge on any atom is 0.372 e. The third-order valence-corrected chi connectivity index (χ3v) is 6.39. The topological polar surface area (TPSA) is 116 Å². The van der Waals surface area contributed by atoms with Gasteiger partial charge in [-0.2, -0.15) is 0 Å². The number of hydrogen-bond acceptors (Lipinski definition) is 6. The van der Waals surface area contributed by atoms with Gasteiger partial charge in [-0.25, -0.2) is 9.68 Å². The van der Waals surface area contributed by atoms with E-state index in [0.29, 0.717) is 18.0 Å². The van der Waals surface area contributed by atoms with Gasteiger partial charge in [0.05, 0.1) is 6.42 Å². The number of ketones is 1. The lowest BCUT2D eigenvalue weighted by Crippen LogP contribution is -2.35. The molecule has 0 saturated heterocycles. The van der Waals surface area contributed by atoms with Crippen molar-refractivity contribution in [1.29, 1.82) is 0 Å². The van der Waals surface area contributed by atoms with E-state index in [2.05, 4.69) is 17.9 Å². The smallest absolute Gasteiger partial charge is 0.372 e. The van der Waals surface area contributed by atoms with Crippen molar-refractivity contribution in [3.8, 4) is 5.75 Å². The maximum absolute atomic E-state index is 12.4. The van der Waals surface area contributed by atoms with E-state index in [1.807, 2.05) is 12.1 Å². The number of hydrogen-bond donors (Lipinski definition) is 2. The summed E-state index contributed by atoms with van der Waals surface area (Å²) in [6.07, 6.45) is 2.74. The number of aliphatic carboxylic acids is 1. The average Bonchev–Trinajstić information content (AvgIpc) is 3.00. The van der Waals surface area contributed by atoms with Crippen molar-refractivity contribution < 1.29 is 29.3 Å². The van der Waals surface area contributed by atoms with E-state index in [9.17, 15) is 14.4 Å². The van der Waals surface area contributed by atoms with Crippen molar-refractivity contribution in [1.82, 2.24) is 0 Å². The van der Waals surface area contributed by atoms with Crippen molar-refractivity contribution in [3.05, 3.63) is 41.5 Å². The van der Waals surface area contributed by atoms with Gasteiger partial charge in [-0.05, 0) is 59.2 Å². The van der Waals surface area contributed by atoms with Gasteiger partial charge < -0.3 is 10.8 Å². The van der Waals surface area contributed by atoms with Crippen LogP contribution in [0.5, 0.6) is 5.75 Å². The highest BCUT2D eigenvalue weighted by Crippen LogP contribution is 2.54. The molecule has 0 amide bonds. The number of aryl methyl sites for hydroxylation is 1. The minimum Gasteiger partial charge on any atom is -0.481 e. The van der Waals surface area contributed by atoms with Crippen LogP contribution >= 0.6 is 0 Å². The molecule has 2 aliphatic rings. The molecule has 1 saturated carbocycles. The predicted molar refractivity (Wildman–Crippen MR) is 104 cm³/mol. The van der Waals surface area contributed by atoms with Crippen LogP contribution < -0.4 is 10.6 Å². The normalized spacial score (nSPS) is 23.9. The summed E-state index contributed by atoms with van der Waals surface area (Å²) >= 11 is 0. The lowest BCUT2D eigenvalue weighted by atomic mass is 9.66. The number of carboxylic acid groups (broad SMARTS) is 1. The van der Waals surface area contributed by atoms with E-state index in [-0.39, 0.29) is 11.3 Å². The van der Waals surface area contributed by atoms with E-state index in [4.69, 9.17) is 15.7 Å². The number of fused-ring (bicyclic) bond motifs is 5. The van der Waals surface area contributed by atoms with Crippen LogP contribution in [0.4, 0.5) is 0 Å². The Kier molecular flexibility index (Phi) is 4.78. The molecular weight excluding hydrogens is 374 g/mol. The Morgan fingerprint density at radius 3 is 2.83 bits per heavy atom. The fraction of sp³-hybridized carbons (Fsp3) is 0.409. The molecule has 0 aliphatic heterocycles. The van der Waals surface area contributed by atoms with Gasteiger partial charge in [-0.15, -0.1) is 0 Å². The molecule has 0 heterocycles. The van der Waals surface area contributed by atoms with Crippen LogP contribution in [0.2, 0.25) is 0 Å². The predicted octanol–water partition coefficient (Wildman–Crippen LogP) is 2.88.